The molecule has 0 saturated carbocycles. The van der Waals surface area contributed by atoms with E-state index in [1.807, 2.05) is 49.4 Å². The molecule has 0 amide bonds. The molecular formula is C13H14O2. The van der Waals surface area contributed by atoms with E-state index in [0.29, 0.717) is 0 Å². The number of hydrogen-bond acceptors (Lipinski definition) is 2. The smallest absolute Gasteiger partial charge is 0.158 e. The standard InChI is InChI=1S/C13H14O2/c1-9(13(14)15)11-8-4-6-10-5-2-3-7-12(10)11/h2-9,13-15H,1H3. The molecule has 0 heterocycles. The summed E-state index contributed by atoms with van der Waals surface area (Å²) in [5.41, 5.74) is 0.975. The number of fused-ring (bicyclic) bond motifs is 1. The van der Waals surface area contributed by atoms with E-state index in [2.05, 4.69) is 0 Å². The number of aliphatic hydroxyl groups is 2. The van der Waals surface area contributed by atoms with Crippen molar-refractivity contribution < 1.29 is 10.2 Å². The van der Waals surface area contributed by atoms with E-state index in [0.717, 1.165) is 16.3 Å². The van der Waals surface area contributed by atoms with Gasteiger partial charge in [0.2, 0.25) is 0 Å². The highest BCUT2D eigenvalue weighted by molar-refractivity contribution is 5.86. The van der Waals surface area contributed by atoms with Gasteiger partial charge in [-0.05, 0) is 16.3 Å². The Morgan fingerprint density at radius 1 is 0.933 bits per heavy atom. The zero-order valence-corrected chi connectivity index (χ0v) is 8.59. The van der Waals surface area contributed by atoms with Crippen molar-refractivity contribution in [3.8, 4) is 0 Å². The number of hydrogen-bond donors (Lipinski definition) is 2. The molecule has 2 rings (SSSR count). The van der Waals surface area contributed by atoms with E-state index in [-0.39, 0.29) is 5.92 Å². The van der Waals surface area contributed by atoms with E-state index >= 15 is 0 Å². The fourth-order valence-corrected chi connectivity index (χ4v) is 1.81. The summed E-state index contributed by atoms with van der Waals surface area (Å²) in [6, 6.07) is 13.9. The van der Waals surface area contributed by atoms with E-state index in [4.69, 9.17) is 0 Å². The highest BCUT2D eigenvalue weighted by Crippen LogP contribution is 2.26. The molecule has 2 aromatic carbocycles. The molecule has 1 unspecified atom stereocenters. The molecule has 0 spiro atoms. The molecule has 2 nitrogen and oxygen atoms in total. The van der Waals surface area contributed by atoms with Crippen LogP contribution in [-0.2, 0) is 0 Å². The van der Waals surface area contributed by atoms with Crippen LogP contribution in [0.1, 0.15) is 18.4 Å². The van der Waals surface area contributed by atoms with Crippen molar-refractivity contribution in [3.63, 3.8) is 0 Å². The largest absolute Gasteiger partial charge is 0.368 e. The zero-order valence-electron chi connectivity index (χ0n) is 8.59. The zero-order chi connectivity index (χ0) is 10.8. The van der Waals surface area contributed by atoms with Crippen molar-refractivity contribution in [2.75, 3.05) is 0 Å². The Morgan fingerprint density at radius 3 is 2.33 bits per heavy atom. The Labute approximate surface area is 88.8 Å². The summed E-state index contributed by atoms with van der Waals surface area (Å²) in [6.07, 6.45) is -1.31. The monoisotopic (exact) mass is 202 g/mol. The van der Waals surface area contributed by atoms with Gasteiger partial charge in [0.15, 0.2) is 6.29 Å². The van der Waals surface area contributed by atoms with Gasteiger partial charge in [-0.15, -0.1) is 0 Å². The van der Waals surface area contributed by atoms with Crippen molar-refractivity contribution >= 4 is 10.8 Å². The van der Waals surface area contributed by atoms with Crippen molar-refractivity contribution in [3.05, 3.63) is 48.0 Å². The topological polar surface area (TPSA) is 40.5 Å². The lowest BCUT2D eigenvalue weighted by molar-refractivity contribution is -0.0558. The van der Waals surface area contributed by atoms with Crippen LogP contribution in [0.25, 0.3) is 10.8 Å². The van der Waals surface area contributed by atoms with Crippen LogP contribution in [0.15, 0.2) is 42.5 Å². The van der Waals surface area contributed by atoms with Gasteiger partial charge in [0, 0.05) is 5.92 Å². The molecule has 15 heavy (non-hydrogen) atoms. The van der Waals surface area contributed by atoms with Gasteiger partial charge in [0.25, 0.3) is 0 Å². The van der Waals surface area contributed by atoms with Crippen LogP contribution in [0.4, 0.5) is 0 Å². The highest BCUT2D eigenvalue weighted by Gasteiger charge is 2.15. The second-order valence-electron chi connectivity index (χ2n) is 3.77. The van der Waals surface area contributed by atoms with Crippen LogP contribution in [0.5, 0.6) is 0 Å². The van der Waals surface area contributed by atoms with Crippen LogP contribution < -0.4 is 0 Å². The van der Waals surface area contributed by atoms with E-state index in [9.17, 15) is 10.2 Å². The lowest BCUT2D eigenvalue weighted by Gasteiger charge is -2.16. The fraction of sp³-hybridized carbons (Fsp3) is 0.231. The molecule has 2 heteroatoms. The second kappa shape index (κ2) is 4.01. The maximum absolute atomic E-state index is 9.19. The molecule has 0 radical (unpaired) electrons. The normalized spacial score (nSPS) is 13.3. The third-order valence-electron chi connectivity index (χ3n) is 2.76. The minimum atomic E-state index is -1.31. The molecule has 2 aromatic rings. The Morgan fingerprint density at radius 2 is 1.60 bits per heavy atom. The molecule has 0 aliphatic rings. The molecule has 0 saturated heterocycles. The van der Waals surface area contributed by atoms with Crippen LogP contribution >= 0.6 is 0 Å². The average Bonchev–Trinajstić information content (AvgIpc) is 2.27. The van der Waals surface area contributed by atoms with Gasteiger partial charge in [-0.3, -0.25) is 0 Å². The highest BCUT2D eigenvalue weighted by atomic mass is 16.5. The van der Waals surface area contributed by atoms with Gasteiger partial charge >= 0.3 is 0 Å². The van der Waals surface area contributed by atoms with Gasteiger partial charge in [-0.2, -0.15) is 0 Å². The van der Waals surface area contributed by atoms with Gasteiger partial charge in [0.05, 0.1) is 0 Å². The third kappa shape index (κ3) is 1.87. The molecule has 0 aromatic heterocycles. The summed E-state index contributed by atoms with van der Waals surface area (Å²) >= 11 is 0. The van der Waals surface area contributed by atoms with Gasteiger partial charge < -0.3 is 10.2 Å². The first-order chi connectivity index (χ1) is 7.20. The van der Waals surface area contributed by atoms with Crippen LogP contribution in [0.2, 0.25) is 0 Å². The van der Waals surface area contributed by atoms with Gasteiger partial charge in [0.1, 0.15) is 0 Å². The van der Waals surface area contributed by atoms with Crippen LogP contribution in [0, 0.1) is 0 Å². The van der Waals surface area contributed by atoms with E-state index in [1.165, 1.54) is 0 Å². The molecule has 2 N–H and O–H groups in total. The molecule has 0 aliphatic heterocycles. The van der Waals surface area contributed by atoms with E-state index in [1.54, 1.807) is 0 Å². The van der Waals surface area contributed by atoms with Crippen molar-refractivity contribution in [1.29, 1.82) is 0 Å². The Balaban J connectivity index is 2.60. The quantitative estimate of drug-likeness (QED) is 0.733. The Bertz CT molecular complexity index is 458. The lowest BCUT2D eigenvalue weighted by atomic mass is 9.94. The first-order valence-corrected chi connectivity index (χ1v) is 5.04. The summed E-state index contributed by atoms with van der Waals surface area (Å²) < 4.78 is 0. The molecular weight excluding hydrogens is 188 g/mol. The Kier molecular flexibility index (Phi) is 2.71. The molecule has 0 aliphatic carbocycles. The second-order valence-corrected chi connectivity index (χ2v) is 3.77. The van der Waals surface area contributed by atoms with Crippen LogP contribution in [-0.4, -0.2) is 16.5 Å². The number of rotatable bonds is 2. The lowest BCUT2D eigenvalue weighted by Crippen LogP contribution is -2.14. The minimum absolute atomic E-state index is 0.268. The summed E-state index contributed by atoms with van der Waals surface area (Å²) in [4.78, 5) is 0. The predicted molar refractivity (Wildman–Crippen MR) is 60.6 cm³/mol. The fourth-order valence-electron chi connectivity index (χ4n) is 1.81. The average molecular weight is 202 g/mol. The van der Waals surface area contributed by atoms with Gasteiger partial charge in [-0.1, -0.05) is 49.4 Å². The third-order valence-corrected chi connectivity index (χ3v) is 2.76. The summed E-state index contributed by atoms with van der Waals surface area (Å²) in [5, 5.41) is 20.6. The number of aliphatic hydroxyl groups excluding tert-OH is 1. The summed E-state index contributed by atoms with van der Waals surface area (Å²) in [6.45, 7) is 1.81. The van der Waals surface area contributed by atoms with Crippen molar-refractivity contribution in [2.45, 2.75) is 19.1 Å². The molecule has 1 atom stereocenters. The van der Waals surface area contributed by atoms with Crippen molar-refractivity contribution in [1.82, 2.24) is 0 Å². The maximum Gasteiger partial charge on any atom is 0.158 e. The molecule has 78 valence electrons. The first kappa shape index (κ1) is 10.1. The molecule has 0 fully saturated rings. The van der Waals surface area contributed by atoms with Gasteiger partial charge in [-0.25, -0.2) is 0 Å². The minimum Gasteiger partial charge on any atom is -0.368 e. The van der Waals surface area contributed by atoms with Crippen molar-refractivity contribution in [2.24, 2.45) is 0 Å². The van der Waals surface area contributed by atoms with E-state index < -0.39 is 6.29 Å². The summed E-state index contributed by atoms with van der Waals surface area (Å²) in [7, 11) is 0. The predicted octanol–water partition coefficient (Wildman–Crippen LogP) is 2.25. The molecule has 0 bridgehead atoms. The SMILES string of the molecule is CC(c1cccc2ccccc12)C(O)O. The Hall–Kier alpha value is -1.38. The first-order valence-electron chi connectivity index (χ1n) is 5.04. The van der Waals surface area contributed by atoms with Crippen LogP contribution in [0.3, 0.4) is 0 Å². The number of benzene rings is 2. The summed E-state index contributed by atoms with van der Waals surface area (Å²) in [5.74, 6) is -0.268. The maximum atomic E-state index is 9.19.